The van der Waals surface area contributed by atoms with Crippen LogP contribution in [0.25, 0.3) is 0 Å². The van der Waals surface area contributed by atoms with Crippen LogP contribution in [-0.4, -0.2) is 76.5 Å². The number of guanidine groups is 1. The highest BCUT2D eigenvalue weighted by Gasteiger charge is 2.20. The molecule has 31 heavy (non-hydrogen) atoms. The van der Waals surface area contributed by atoms with E-state index in [1.807, 2.05) is 43.7 Å². The van der Waals surface area contributed by atoms with Crippen LogP contribution >= 0.6 is 11.6 Å². The molecule has 1 N–H and O–H groups in total. The standard InChI is InChI=1S/C22H34ClN7O/c1-4-31-14-6-9-24-22(25-16-21-27-26-18(2)28(21)3)30-12-10-29(11-13-30)17-19-7-5-8-20(23)15-19/h5,7-8,15H,4,6,9-14,16-17H2,1-3H3,(H,24,25). The number of hydrogen-bond acceptors (Lipinski definition) is 5. The maximum atomic E-state index is 6.13. The average molecular weight is 448 g/mol. The number of aliphatic imine (C=N–C) groups is 1. The number of aromatic nitrogens is 3. The summed E-state index contributed by atoms with van der Waals surface area (Å²) in [5.74, 6) is 2.69. The maximum absolute atomic E-state index is 6.13. The Morgan fingerprint density at radius 3 is 2.71 bits per heavy atom. The second kappa shape index (κ2) is 12.0. The summed E-state index contributed by atoms with van der Waals surface area (Å²) in [6.07, 6.45) is 0.949. The molecule has 9 heteroatoms. The Bertz CT molecular complexity index is 846. The summed E-state index contributed by atoms with van der Waals surface area (Å²) in [6, 6.07) is 8.11. The Morgan fingerprint density at radius 2 is 2.03 bits per heavy atom. The molecule has 0 amide bonds. The predicted molar refractivity (Wildman–Crippen MR) is 124 cm³/mol. The monoisotopic (exact) mass is 447 g/mol. The van der Waals surface area contributed by atoms with Crippen molar-refractivity contribution >= 4 is 17.6 Å². The van der Waals surface area contributed by atoms with Gasteiger partial charge < -0.3 is 19.5 Å². The lowest BCUT2D eigenvalue weighted by Crippen LogP contribution is -2.52. The van der Waals surface area contributed by atoms with Gasteiger partial charge in [0.1, 0.15) is 12.4 Å². The van der Waals surface area contributed by atoms with Crippen molar-refractivity contribution in [2.24, 2.45) is 12.0 Å². The number of aryl methyl sites for hydroxylation is 1. The fourth-order valence-corrected chi connectivity index (χ4v) is 3.74. The second-order valence-electron chi connectivity index (χ2n) is 7.73. The van der Waals surface area contributed by atoms with Gasteiger partial charge in [0, 0.05) is 64.6 Å². The van der Waals surface area contributed by atoms with E-state index in [4.69, 9.17) is 21.3 Å². The van der Waals surface area contributed by atoms with Crippen molar-refractivity contribution < 1.29 is 4.74 Å². The molecule has 1 aliphatic heterocycles. The summed E-state index contributed by atoms with van der Waals surface area (Å²) >= 11 is 6.13. The SMILES string of the molecule is CCOCCCNC(=NCc1nnc(C)n1C)N1CCN(Cc2cccc(Cl)c2)CC1. The molecule has 8 nitrogen and oxygen atoms in total. The summed E-state index contributed by atoms with van der Waals surface area (Å²) in [4.78, 5) is 9.65. The van der Waals surface area contributed by atoms with Gasteiger partial charge in [-0.25, -0.2) is 4.99 Å². The highest BCUT2D eigenvalue weighted by molar-refractivity contribution is 6.30. The first kappa shape index (κ1) is 23.5. The molecular formula is C22H34ClN7O. The fourth-order valence-electron chi connectivity index (χ4n) is 3.53. The first-order chi connectivity index (χ1) is 15.1. The Morgan fingerprint density at radius 1 is 1.23 bits per heavy atom. The van der Waals surface area contributed by atoms with Crippen LogP contribution in [0.1, 0.15) is 30.6 Å². The van der Waals surface area contributed by atoms with Crippen LogP contribution in [0.15, 0.2) is 29.3 Å². The number of ether oxygens (including phenoxy) is 1. The highest BCUT2D eigenvalue weighted by atomic mass is 35.5. The quantitative estimate of drug-likeness (QED) is 0.362. The van der Waals surface area contributed by atoms with Gasteiger partial charge in [0.25, 0.3) is 0 Å². The number of rotatable bonds is 9. The van der Waals surface area contributed by atoms with E-state index in [1.165, 1.54) is 5.56 Å². The van der Waals surface area contributed by atoms with Crippen LogP contribution in [0.2, 0.25) is 5.02 Å². The van der Waals surface area contributed by atoms with E-state index in [0.29, 0.717) is 6.54 Å². The Kier molecular flexibility index (Phi) is 9.12. The van der Waals surface area contributed by atoms with Crippen LogP contribution in [-0.2, 0) is 24.9 Å². The normalized spacial score (nSPS) is 15.5. The van der Waals surface area contributed by atoms with Crippen LogP contribution in [0.5, 0.6) is 0 Å². The Balaban J connectivity index is 1.57. The summed E-state index contributed by atoms with van der Waals surface area (Å²) in [5, 5.41) is 12.7. The number of nitrogens with one attached hydrogen (secondary N) is 1. The first-order valence-electron chi connectivity index (χ1n) is 11.0. The molecule has 1 aromatic carbocycles. The van der Waals surface area contributed by atoms with E-state index >= 15 is 0 Å². The molecular weight excluding hydrogens is 414 g/mol. The minimum atomic E-state index is 0.508. The molecule has 0 radical (unpaired) electrons. The number of benzene rings is 1. The van der Waals surface area contributed by atoms with Crippen LogP contribution in [0.4, 0.5) is 0 Å². The molecule has 3 rings (SSSR count). The van der Waals surface area contributed by atoms with Gasteiger partial charge in [0.2, 0.25) is 0 Å². The third-order valence-electron chi connectivity index (χ3n) is 5.47. The molecule has 1 aliphatic rings. The van der Waals surface area contributed by atoms with Gasteiger partial charge in [0.05, 0.1) is 0 Å². The molecule has 0 bridgehead atoms. The van der Waals surface area contributed by atoms with Gasteiger partial charge in [-0.05, 0) is 38.0 Å². The zero-order valence-electron chi connectivity index (χ0n) is 18.8. The Hall–Kier alpha value is -2.16. The lowest BCUT2D eigenvalue weighted by Gasteiger charge is -2.36. The maximum Gasteiger partial charge on any atom is 0.194 e. The molecule has 1 aromatic heterocycles. The zero-order valence-corrected chi connectivity index (χ0v) is 19.6. The number of hydrogen-bond donors (Lipinski definition) is 1. The van der Waals surface area contributed by atoms with Gasteiger partial charge in [-0.1, -0.05) is 23.7 Å². The molecule has 0 unspecified atom stereocenters. The average Bonchev–Trinajstić information content (AvgIpc) is 3.08. The minimum absolute atomic E-state index is 0.508. The van der Waals surface area contributed by atoms with Gasteiger partial charge >= 0.3 is 0 Å². The number of nitrogens with zero attached hydrogens (tertiary/aromatic N) is 6. The van der Waals surface area contributed by atoms with Crippen LogP contribution in [0.3, 0.4) is 0 Å². The largest absolute Gasteiger partial charge is 0.382 e. The van der Waals surface area contributed by atoms with Crippen LogP contribution in [0, 0.1) is 6.92 Å². The molecule has 1 fully saturated rings. The van der Waals surface area contributed by atoms with Crippen molar-refractivity contribution in [1.82, 2.24) is 29.9 Å². The van der Waals surface area contributed by atoms with Crippen molar-refractivity contribution in [1.29, 1.82) is 0 Å². The van der Waals surface area contributed by atoms with E-state index in [1.54, 1.807) is 0 Å². The molecule has 0 aliphatic carbocycles. The van der Waals surface area contributed by atoms with Crippen molar-refractivity contribution in [3.8, 4) is 0 Å². The van der Waals surface area contributed by atoms with E-state index < -0.39 is 0 Å². The van der Waals surface area contributed by atoms with Gasteiger partial charge in [-0.2, -0.15) is 0 Å². The number of piperazine rings is 1. The summed E-state index contributed by atoms with van der Waals surface area (Å²) in [7, 11) is 1.98. The summed E-state index contributed by atoms with van der Waals surface area (Å²) < 4.78 is 7.44. The third-order valence-corrected chi connectivity index (χ3v) is 5.71. The smallest absolute Gasteiger partial charge is 0.194 e. The molecule has 0 atom stereocenters. The third kappa shape index (κ3) is 7.19. The summed E-state index contributed by atoms with van der Waals surface area (Å²) in [5.41, 5.74) is 1.25. The van der Waals surface area contributed by atoms with Crippen molar-refractivity contribution in [3.05, 3.63) is 46.5 Å². The summed E-state index contributed by atoms with van der Waals surface area (Å²) in [6.45, 7) is 11.6. The van der Waals surface area contributed by atoms with E-state index in [2.05, 4.69) is 31.4 Å². The zero-order chi connectivity index (χ0) is 22.1. The van der Waals surface area contributed by atoms with E-state index in [0.717, 1.165) is 81.5 Å². The van der Waals surface area contributed by atoms with Crippen LogP contribution < -0.4 is 5.32 Å². The van der Waals surface area contributed by atoms with Gasteiger partial charge in [-0.3, -0.25) is 4.90 Å². The molecule has 0 saturated carbocycles. The van der Waals surface area contributed by atoms with Crippen molar-refractivity contribution in [2.75, 3.05) is 45.9 Å². The predicted octanol–water partition coefficient (Wildman–Crippen LogP) is 2.47. The molecule has 170 valence electrons. The minimum Gasteiger partial charge on any atom is -0.382 e. The molecule has 1 saturated heterocycles. The molecule has 2 heterocycles. The molecule has 0 spiro atoms. The van der Waals surface area contributed by atoms with Gasteiger partial charge in [0.15, 0.2) is 11.8 Å². The first-order valence-corrected chi connectivity index (χ1v) is 11.4. The van der Waals surface area contributed by atoms with Crippen molar-refractivity contribution in [3.63, 3.8) is 0 Å². The number of halogens is 1. The van der Waals surface area contributed by atoms with E-state index in [9.17, 15) is 0 Å². The lowest BCUT2D eigenvalue weighted by atomic mass is 10.2. The topological polar surface area (TPSA) is 70.8 Å². The molecule has 2 aromatic rings. The van der Waals surface area contributed by atoms with Crippen molar-refractivity contribution in [2.45, 2.75) is 33.4 Å². The lowest BCUT2D eigenvalue weighted by molar-refractivity contribution is 0.145. The fraction of sp³-hybridized carbons (Fsp3) is 0.591. The Labute approximate surface area is 190 Å². The highest BCUT2D eigenvalue weighted by Crippen LogP contribution is 2.14. The van der Waals surface area contributed by atoms with E-state index in [-0.39, 0.29) is 0 Å². The second-order valence-corrected chi connectivity index (χ2v) is 8.17. The van der Waals surface area contributed by atoms with Gasteiger partial charge in [-0.15, -0.1) is 10.2 Å².